The van der Waals surface area contributed by atoms with Crippen molar-refractivity contribution < 1.29 is 4.39 Å². The van der Waals surface area contributed by atoms with Gasteiger partial charge < -0.3 is 10.2 Å². The van der Waals surface area contributed by atoms with E-state index in [-0.39, 0.29) is 0 Å². The molecule has 3 heteroatoms. The summed E-state index contributed by atoms with van der Waals surface area (Å²) in [5.74, 6) is 0. The van der Waals surface area contributed by atoms with E-state index in [4.69, 9.17) is 0 Å². The third kappa shape index (κ3) is 3.54. The molecule has 0 amide bonds. The Bertz CT molecular complexity index is 161. The lowest BCUT2D eigenvalue weighted by atomic mass is 10.1. The Kier molecular flexibility index (Phi) is 4.82. The van der Waals surface area contributed by atoms with Crippen LogP contribution in [0.25, 0.3) is 0 Å². The van der Waals surface area contributed by atoms with Crippen LogP contribution in [0, 0.1) is 0 Å². The molecular weight excluding hydrogens is 179 g/mol. The second kappa shape index (κ2) is 5.66. The molecule has 2 atom stereocenters. The van der Waals surface area contributed by atoms with Gasteiger partial charge in [-0.05, 0) is 39.8 Å². The van der Waals surface area contributed by atoms with E-state index in [0.717, 1.165) is 19.5 Å². The van der Waals surface area contributed by atoms with Crippen molar-refractivity contribution in [2.24, 2.45) is 0 Å². The number of nitrogens with one attached hydrogen (secondary N) is 1. The molecule has 1 heterocycles. The number of nitrogens with zero attached hydrogens (tertiary/aromatic N) is 1. The summed E-state index contributed by atoms with van der Waals surface area (Å²) in [6.07, 6.45) is 1.16. The summed E-state index contributed by atoms with van der Waals surface area (Å²) in [6, 6.07) is 1.00. The highest BCUT2D eigenvalue weighted by Crippen LogP contribution is 2.13. The quantitative estimate of drug-likeness (QED) is 0.731. The summed E-state index contributed by atoms with van der Waals surface area (Å²) < 4.78 is 12.9. The van der Waals surface area contributed by atoms with Gasteiger partial charge in [0.25, 0.3) is 0 Å². The lowest BCUT2D eigenvalue weighted by Gasteiger charge is -2.26. The van der Waals surface area contributed by atoms with E-state index in [9.17, 15) is 4.39 Å². The van der Waals surface area contributed by atoms with Gasteiger partial charge in [-0.25, -0.2) is 4.39 Å². The standard InChI is InChI=1S/C11H23FN2/c1-4-14(9(2)3)6-5-11-7-10(12)8-13-11/h9-11,13H,4-8H2,1-3H3. The summed E-state index contributed by atoms with van der Waals surface area (Å²) in [6.45, 7) is 9.33. The molecule has 2 nitrogen and oxygen atoms in total. The predicted molar refractivity (Wildman–Crippen MR) is 58.3 cm³/mol. The molecule has 0 aliphatic carbocycles. The van der Waals surface area contributed by atoms with Crippen molar-refractivity contribution in [3.05, 3.63) is 0 Å². The maximum absolute atomic E-state index is 12.9. The van der Waals surface area contributed by atoms with Gasteiger partial charge in [-0.3, -0.25) is 0 Å². The largest absolute Gasteiger partial charge is 0.311 e. The Morgan fingerprint density at radius 2 is 2.21 bits per heavy atom. The number of hydrogen-bond donors (Lipinski definition) is 1. The first-order chi connectivity index (χ1) is 6.63. The monoisotopic (exact) mass is 202 g/mol. The fraction of sp³-hybridized carbons (Fsp3) is 1.00. The minimum atomic E-state index is -0.617. The summed E-state index contributed by atoms with van der Waals surface area (Å²) in [5, 5.41) is 3.22. The normalized spacial score (nSPS) is 27.9. The van der Waals surface area contributed by atoms with Gasteiger partial charge in [0.15, 0.2) is 0 Å². The third-order valence-electron chi connectivity index (χ3n) is 3.07. The van der Waals surface area contributed by atoms with E-state index in [0.29, 0.717) is 25.0 Å². The van der Waals surface area contributed by atoms with Crippen LogP contribution in [-0.4, -0.2) is 42.8 Å². The van der Waals surface area contributed by atoms with Crippen LogP contribution >= 0.6 is 0 Å². The van der Waals surface area contributed by atoms with Gasteiger partial charge in [0, 0.05) is 18.6 Å². The van der Waals surface area contributed by atoms with Crippen molar-refractivity contribution >= 4 is 0 Å². The van der Waals surface area contributed by atoms with E-state index in [1.165, 1.54) is 0 Å². The van der Waals surface area contributed by atoms with Crippen LogP contribution in [0.5, 0.6) is 0 Å². The molecule has 0 bridgehead atoms. The maximum atomic E-state index is 12.9. The van der Waals surface area contributed by atoms with Crippen LogP contribution in [0.1, 0.15) is 33.6 Å². The lowest BCUT2D eigenvalue weighted by molar-refractivity contribution is 0.221. The van der Waals surface area contributed by atoms with E-state index in [2.05, 4.69) is 31.0 Å². The highest BCUT2D eigenvalue weighted by molar-refractivity contribution is 4.82. The Morgan fingerprint density at radius 1 is 1.50 bits per heavy atom. The maximum Gasteiger partial charge on any atom is 0.114 e. The van der Waals surface area contributed by atoms with Gasteiger partial charge in [0.05, 0.1) is 0 Å². The first kappa shape index (κ1) is 11.9. The molecule has 1 N–H and O–H groups in total. The number of rotatable bonds is 5. The molecule has 1 saturated heterocycles. The topological polar surface area (TPSA) is 15.3 Å². The summed E-state index contributed by atoms with van der Waals surface area (Å²) in [4.78, 5) is 2.42. The van der Waals surface area contributed by atoms with Crippen LogP contribution in [0.3, 0.4) is 0 Å². The van der Waals surface area contributed by atoms with E-state index in [1.54, 1.807) is 0 Å². The molecule has 0 aromatic carbocycles. The fourth-order valence-corrected chi connectivity index (χ4v) is 2.09. The molecular formula is C11H23FN2. The molecule has 0 aromatic heterocycles. The van der Waals surface area contributed by atoms with Gasteiger partial charge in [-0.1, -0.05) is 6.92 Å². The minimum absolute atomic E-state index is 0.401. The molecule has 1 aliphatic rings. The molecule has 2 unspecified atom stereocenters. The van der Waals surface area contributed by atoms with Crippen molar-refractivity contribution in [3.8, 4) is 0 Å². The molecule has 0 saturated carbocycles. The van der Waals surface area contributed by atoms with Crippen LogP contribution in [-0.2, 0) is 0 Å². The zero-order chi connectivity index (χ0) is 10.6. The number of halogens is 1. The van der Waals surface area contributed by atoms with Gasteiger partial charge in [-0.15, -0.1) is 0 Å². The third-order valence-corrected chi connectivity index (χ3v) is 3.07. The smallest absolute Gasteiger partial charge is 0.114 e. The molecule has 14 heavy (non-hydrogen) atoms. The van der Waals surface area contributed by atoms with Gasteiger partial charge >= 0.3 is 0 Å². The zero-order valence-corrected chi connectivity index (χ0v) is 9.59. The van der Waals surface area contributed by atoms with Crippen molar-refractivity contribution in [2.45, 2.75) is 51.9 Å². The van der Waals surface area contributed by atoms with Crippen LogP contribution in [0.2, 0.25) is 0 Å². The van der Waals surface area contributed by atoms with E-state index in [1.807, 2.05) is 0 Å². The van der Waals surface area contributed by atoms with Gasteiger partial charge in [-0.2, -0.15) is 0 Å². The van der Waals surface area contributed by atoms with Gasteiger partial charge in [0.2, 0.25) is 0 Å². The Hall–Kier alpha value is -0.150. The van der Waals surface area contributed by atoms with Crippen LogP contribution in [0.4, 0.5) is 4.39 Å². The Balaban J connectivity index is 2.18. The highest BCUT2D eigenvalue weighted by atomic mass is 19.1. The average molecular weight is 202 g/mol. The first-order valence-electron chi connectivity index (χ1n) is 5.75. The van der Waals surface area contributed by atoms with Crippen molar-refractivity contribution in [3.63, 3.8) is 0 Å². The minimum Gasteiger partial charge on any atom is -0.311 e. The zero-order valence-electron chi connectivity index (χ0n) is 9.59. The molecule has 1 aliphatic heterocycles. The molecule has 0 radical (unpaired) electrons. The SMILES string of the molecule is CCN(CCC1CC(F)CN1)C(C)C. The van der Waals surface area contributed by atoms with Crippen molar-refractivity contribution in [2.75, 3.05) is 19.6 Å². The second-order valence-electron chi connectivity index (χ2n) is 4.45. The molecule has 84 valence electrons. The summed E-state index contributed by atoms with van der Waals surface area (Å²) in [5.41, 5.74) is 0. The first-order valence-corrected chi connectivity index (χ1v) is 5.75. The number of alkyl halides is 1. The fourth-order valence-electron chi connectivity index (χ4n) is 2.09. The lowest BCUT2D eigenvalue weighted by Crippen LogP contribution is -2.35. The molecule has 0 spiro atoms. The highest BCUT2D eigenvalue weighted by Gasteiger charge is 2.23. The second-order valence-corrected chi connectivity index (χ2v) is 4.45. The Labute approximate surface area is 86.9 Å². The van der Waals surface area contributed by atoms with E-state index < -0.39 is 6.17 Å². The molecule has 1 rings (SSSR count). The summed E-state index contributed by atoms with van der Waals surface area (Å²) in [7, 11) is 0. The van der Waals surface area contributed by atoms with Gasteiger partial charge in [0.1, 0.15) is 6.17 Å². The van der Waals surface area contributed by atoms with Crippen molar-refractivity contribution in [1.82, 2.24) is 10.2 Å². The molecule has 1 fully saturated rings. The number of hydrogen-bond acceptors (Lipinski definition) is 2. The molecule has 0 aromatic rings. The Morgan fingerprint density at radius 3 is 2.64 bits per heavy atom. The van der Waals surface area contributed by atoms with Crippen LogP contribution in [0.15, 0.2) is 0 Å². The van der Waals surface area contributed by atoms with E-state index >= 15 is 0 Å². The predicted octanol–water partition coefficient (Wildman–Crippen LogP) is 1.81. The van der Waals surface area contributed by atoms with Crippen molar-refractivity contribution in [1.29, 1.82) is 0 Å². The average Bonchev–Trinajstić information content (AvgIpc) is 2.52. The van der Waals surface area contributed by atoms with Crippen LogP contribution < -0.4 is 5.32 Å². The summed E-state index contributed by atoms with van der Waals surface area (Å²) >= 11 is 0.